The number of hydrogen-bond donors (Lipinski definition) is 0. The van der Waals surface area contributed by atoms with E-state index in [-0.39, 0.29) is 11.4 Å². The molecule has 140 valence electrons. The van der Waals surface area contributed by atoms with E-state index >= 15 is 0 Å². The molecule has 0 bridgehead atoms. The molecule has 1 aromatic carbocycles. The molecule has 26 heavy (non-hydrogen) atoms. The number of amides is 1. The maximum Gasteiger partial charge on any atom is 0.437 e. The Kier molecular flexibility index (Phi) is 6.06. The quantitative estimate of drug-likeness (QED) is 0.226. The third-order valence-electron chi connectivity index (χ3n) is 3.32. The molecule has 0 radical (unpaired) electrons. The number of anilines is 2. The Morgan fingerprint density at radius 3 is 2.58 bits per heavy atom. The maximum atomic E-state index is 14.1. The number of hydrogen-bond acceptors (Lipinski definition) is 3. The van der Waals surface area contributed by atoms with E-state index in [1.807, 2.05) is 0 Å². The van der Waals surface area contributed by atoms with Gasteiger partial charge in [-0.1, -0.05) is 6.08 Å². The number of carbonyl (C=O) groups is 1. The fraction of sp³-hybridized carbons (Fsp3) is 0.250. The number of alkyl halides is 3. The second-order valence-electron chi connectivity index (χ2n) is 5.12. The second-order valence-corrected chi connectivity index (χ2v) is 6.20. The summed E-state index contributed by atoms with van der Waals surface area (Å²) < 4.78 is 68.4. The van der Waals surface area contributed by atoms with Gasteiger partial charge < -0.3 is 0 Å². The van der Waals surface area contributed by atoms with E-state index in [4.69, 9.17) is 0 Å². The lowest BCUT2D eigenvalue weighted by Gasteiger charge is -2.20. The average molecular weight is 391 g/mol. The van der Waals surface area contributed by atoms with E-state index in [1.165, 1.54) is 7.05 Å². The number of aryl methyl sites for hydroxylation is 1. The Hall–Kier alpha value is -2.36. The fourth-order valence-corrected chi connectivity index (χ4v) is 3.25. The number of halogens is 5. The zero-order chi connectivity index (χ0) is 19.5. The Morgan fingerprint density at radius 2 is 2.04 bits per heavy atom. The van der Waals surface area contributed by atoms with E-state index in [2.05, 4.69) is 11.7 Å². The van der Waals surface area contributed by atoms with Gasteiger partial charge in [0.05, 0.1) is 5.69 Å². The summed E-state index contributed by atoms with van der Waals surface area (Å²) in [7, 11) is 1.29. The van der Waals surface area contributed by atoms with Crippen molar-refractivity contribution in [2.45, 2.75) is 17.6 Å². The van der Waals surface area contributed by atoms with Crippen LogP contribution in [0.15, 0.2) is 35.9 Å². The first-order valence-electron chi connectivity index (χ1n) is 7.28. The van der Waals surface area contributed by atoms with E-state index in [9.17, 15) is 26.7 Å². The lowest BCUT2D eigenvalue weighted by molar-refractivity contribution is -0.140. The lowest BCUT2D eigenvalue weighted by atomic mass is 10.2. The van der Waals surface area contributed by atoms with Gasteiger partial charge in [0.1, 0.15) is 22.3 Å². The van der Waals surface area contributed by atoms with E-state index in [0.717, 1.165) is 28.6 Å². The van der Waals surface area contributed by atoms with Crippen molar-refractivity contribution in [2.24, 2.45) is 7.05 Å². The number of allylic oxidation sites excluding steroid dienone is 1. The maximum absolute atomic E-state index is 14.1. The minimum atomic E-state index is -4.87. The molecule has 4 nitrogen and oxygen atoms in total. The molecular formula is C16H14F5N3OS. The number of nitrogens with zero attached hydrogens (tertiary/aromatic N) is 3. The first-order chi connectivity index (χ1) is 12.2. The van der Waals surface area contributed by atoms with Crippen molar-refractivity contribution in [1.29, 1.82) is 0 Å². The molecule has 1 amide bonds. The molecule has 0 aliphatic heterocycles. The van der Waals surface area contributed by atoms with Crippen LogP contribution in [0.1, 0.15) is 12.1 Å². The first kappa shape index (κ1) is 20.0. The van der Waals surface area contributed by atoms with Gasteiger partial charge in [-0.15, -0.1) is 18.3 Å². The van der Waals surface area contributed by atoms with Crippen LogP contribution in [0.3, 0.4) is 0 Å². The molecule has 0 spiro atoms. The highest BCUT2D eigenvalue weighted by molar-refractivity contribution is 7.99. The van der Waals surface area contributed by atoms with Gasteiger partial charge in [0.15, 0.2) is 5.69 Å². The Labute approximate surface area is 150 Å². The summed E-state index contributed by atoms with van der Waals surface area (Å²) in [5.74, 6) is -1.71. The van der Waals surface area contributed by atoms with Crippen molar-refractivity contribution in [3.63, 3.8) is 0 Å². The molecular weight excluding hydrogens is 377 g/mol. The molecule has 0 saturated carbocycles. The normalized spacial score (nSPS) is 11.5. The minimum absolute atomic E-state index is 0.0231. The molecule has 0 saturated heterocycles. The summed E-state index contributed by atoms with van der Waals surface area (Å²) in [5, 5.41) is 3.47. The van der Waals surface area contributed by atoms with Crippen LogP contribution in [-0.4, -0.2) is 21.9 Å². The highest BCUT2D eigenvalue weighted by Gasteiger charge is 2.41. The van der Waals surface area contributed by atoms with Gasteiger partial charge in [0.25, 0.3) is 0 Å². The summed E-state index contributed by atoms with van der Waals surface area (Å²) in [4.78, 5) is 12.0. The van der Waals surface area contributed by atoms with E-state index in [1.54, 1.807) is 6.08 Å². The molecule has 2 rings (SSSR count). The monoisotopic (exact) mass is 391 g/mol. The molecule has 2 aromatic rings. The predicted octanol–water partition coefficient (Wildman–Crippen LogP) is 4.68. The molecule has 1 heterocycles. The zero-order valence-corrected chi connectivity index (χ0v) is 14.4. The van der Waals surface area contributed by atoms with Crippen LogP contribution in [0.25, 0.3) is 0 Å². The molecule has 0 aliphatic carbocycles. The molecule has 0 N–H and O–H groups in total. The van der Waals surface area contributed by atoms with Crippen molar-refractivity contribution < 1.29 is 26.7 Å². The third-order valence-corrected chi connectivity index (χ3v) is 4.49. The fourth-order valence-electron chi connectivity index (χ4n) is 2.21. The van der Waals surface area contributed by atoms with Crippen LogP contribution in [0.5, 0.6) is 0 Å². The van der Waals surface area contributed by atoms with Gasteiger partial charge >= 0.3 is 6.18 Å². The molecule has 0 aliphatic rings. The van der Waals surface area contributed by atoms with Crippen molar-refractivity contribution in [2.75, 3.05) is 10.7 Å². The number of rotatable bonds is 7. The lowest BCUT2D eigenvalue weighted by Crippen LogP contribution is -2.20. The molecule has 1 aromatic heterocycles. The molecule has 0 unspecified atom stereocenters. The van der Waals surface area contributed by atoms with Gasteiger partial charge in [-0.2, -0.15) is 18.3 Å². The van der Waals surface area contributed by atoms with Crippen molar-refractivity contribution >= 4 is 29.5 Å². The first-order valence-corrected chi connectivity index (χ1v) is 8.26. The SMILES string of the molecule is C=CCCSc1c(N(C=O)c2ccc(F)cc2F)c(C(F)(F)F)nn1C. The van der Waals surface area contributed by atoms with Crippen molar-refractivity contribution in [1.82, 2.24) is 9.78 Å². The summed E-state index contributed by atoms with van der Waals surface area (Å²) in [6, 6.07) is 2.23. The Morgan fingerprint density at radius 1 is 1.35 bits per heavy atom. The number of carbonyl (C=O) groups excluding carboxylic acids is 1. The molecule has 0 atom stereocenters. The standard InChI is InChI=1S/C16H14F5N3OS/c1-3-4-7-26-15-13(14(16(19,20)21)22-23(15)2)24(9-25)12-6-5-10(17)8-11(12)18/h3,5-6,8-9H,1,4,7H2,2H3. The van der Waals surface area contributed by atoms with Gasteiger partial charge in [-0.3, -0.25) is 14.4 Å². The Bertz CT molecular complexity index is 819. The largest absolute Gasteiger partial charge is 0.437 e. The van der Waals surface area contributed by atoms with Gasteiger partial charge in [-0.25, -0.2) is 8.78 Å². The van der Waals surface area contributed by atoms with Crippen molar-refractivity contribution in [3.05, 3.63) is 48.2 Å². The highest BCUT2D eigenvalue weighted by atomic mass is 32.2. The van der Waals surface area contributed by atoms with Crippen LogP contribution in [0.4, 0.5) is 33.3 Å². The number of benzene rings is 1. The van der Waals surface area contributed by atoms with Crippen LogP contribution in [0.2, 0.25) is 0 Å². The summed E-state index contributed by atoms with van der Waals surface area (Å²) in [6.07, 6.45) is -2.74. The van der Waals surface area contributed by atoms with Crippen LogP contribution >= 0.6 is 11.8 Å². The van der Waals surface area contributed by atoms with Crippen LogP contribution < -0.4 is 4.90 Å². The Balaban J connectivity index is 2.65. The molecule has 10 heteroatoms. The van der Waals surface area contributed by atoms with Gasteiger partial charge in [0, 0.05) is 18.9 Å². The second kappa shape index (κ2) is 7.90. The van der Waals surface area contributed by atoms with Gasteiger partial charge in [-0.05, 0) is 18.6 Å². The highest BCUT2D eigenvalue weighted by Crippen LogP contribution is 2.44. The predicted molar refractivity (Wildman–Crippen MR) is 88.3 cm³/mol. The van der Waals surface area contributed by atoms with Crippen LogP contribution in [0, 0.1) is 11.6 Å². The topological polar surface area (TPSA) is 38.1 Å². The van der Waals surface area contributed by atoms with Gasteiger partial charge in [0.2, 0.25) is 6.41 Å². The van der Waals surface area contributed by atoms with Crippen LogP contribution in [-0.2, 0) is 18.0 Å². The van der Waals surface area contributed by atoms with Crippen molar-refractivity contribution in [3.8, 4) is 0 Å². The average Bonchev–Trinajstić information content (AvgIpc) is 2.88. The molecule has 0 fully saturated rings. The zero-order valence-electron chi connectivity index (χ0n) is 13.6. The summed E-state index contributed by atoms with van der Waals surface area (Å²) >= 11 is 1.01. The number of aromatic nitrogens is 2. The minimum Gasteiger partial charge on any atom is -0.278 e. The number of thioether (sulfide) groups is 1. The summed E-state index contributed by atoms with van der Waals surface area (Å²) in [5.41, 5.74) is -2.45. The smallest absolute Gasteiger partial charge is 0.278 e. The van der Waals surface area contributed by atoms with E-state index in [0.29, 0.717) is 23.1 Å². The van der Waals surface area contributed by atoms with E-state index < -0.39 is 34.9 Å². The summed E-state index contributed by atoms with van der Waals surface area (Å²) in [6.45, 7) is 3.53. The third kappa shape index (κ3) is 4.06.